The van der Waals surface area contributed by atoms with Crippen molar-refractivity contribution in [2.75, 3.05) is 12.5 Å². The SMILES string of the molecule is COc1ccc(N/N=C/C2OC(C)O2)cc1. The molecule has 1 aromatic carbocycles. The molecule has 16 heavy (non-hydrogen) atoms. The van der Waals surface area contributed by atoms with E-state index in [1.54, 1.807) is 13.3 Å². The molecule has 0 atom stereocenters. The number of nitrogens with one attached hydrogen (secondary N) is 1. The second-order valence-corrected chi connectivity index (χ2v) is 3.33. The first-order chi connectivity index (χ1) is 7.78. The van der Waals surface area contributed by atoms with Crippen LogP contribution in [-0.2, 0) is 9.47 Å². The summed E-state index contributed by atoms with van der Waals surface area (Å²) < 4.78 is 15.4. The van der Waals surface area contributed by atoms with Gasteiger partial charge in [-0.1, -0.05) is 0 Å². The average molecular weight is 222 g/mol. The highest BCUT2D eigenvalue weighted by Crippen LogP contribution is 2.16. The molecule has 1 N–H and O–H groups in total. The van der Waals surface area contributed by atoms with Gasteiger partial charge in [0, 0.05) is 0 Å². The maximum Gasteiger partial charge on any atom is 0.201 e. The van der Waals surface area contributed by atoms with Crippen LogP contribution < -0.4 is 10.2 Å². The Balaban J connectivity index is 1.80. The smallest absolute Gasteiger partial charge is 0.201 e. The van der Waals surface area contributed by atoms with E-state index in [-0.39, 0.29) is 12.6 Å². The van der Waals surface area contributed by atoms with E-state index < -0.39 is 0 Å². The van der Waals surface area contributed by atoms with E-state index in [0.29, 0.717) is 0 Å². The molecule has 0 saturated carbocycles. The molecule has 5 nitrogen and oxygen atoms in total. The maximum atomic E-state index is 5.18. The van der Waals surface area contributed by atoms with Crippen molar-refractivity contribution in [2.45, 2.75) is 19.5 Å². The van der Waals surface area contributed by atoms with Crippen molar-refractivity contribution in [1.82, 2.24) is 0 Å². The van der Waals surface area contributed by atoms with Crippen molar-refractivity contribution in [1.29, 1.82) is 0 Å². The summed E-state index contributed by atoms with van der Waals surface area (Å²) in [5.41, 5.74) is 3.74. The van der Waals surface area contributed by atoms with Gasteiger partial charge in [-0.05, 0) is 31.2 Å². The summed E-state index contributed by atoms with van der Waals surface area (Å²) in [7, 11) is 1.63. The number of methoxy groups -OCH3 is 1. The highest BCUT2D eigenvalue weighted by atomic mass is 16.9. The van der Waals surface area contributed by atoms with Crippen LogP contribution >= 0.6 is 0 Å². The number of benzene rings is 1. The summed E-state index contributed by atoms with van der Waals surface area (Å²) in [4.78, 5) is 0. The summed E-state index contributed by atoms with van der Waals surface area (Å²) >= 11 is 0. The monoisotopic (exact) mass is 222 g/mol. The van der Waals surface area contributed by atoms with Crippen LogP contribution in [0.2, 0.25) is 0 Å². The molecule has 1 heterocycles. The van der Waals surface area contributed by atoms with Crippen LogP contribution in [0.15, 0.2) is 29.4 Å². The Morgan fingerprint density at radius 2 is 2.00 bits per heavy atom. The standard InChI is InChI=1S/C11H14N2O3/c1-8-15-11(16-8)7-12-13-9-3-5-10(14-2)6-4-9/h3-8,11,13H,1-2H3/b12-7+. The summed E-state index contributed by atoms with van der Waals surface area (Å²) in [6, 6.07) is 7.47. The van der Waals surface area contributed by atoms with Crippen LogP contribution in [0.4, 0.5) is 5.69 Å². The van der Waals surface area contributed by atoms with Gasteiger partial charge in [0.2, 0.25) is 6.29 Å². The lowest BCUT2D eigenvalue weighted by molar-refractivity contribution is -0.342. The highest BCUT2D eigenvalue weighted by molar-refractivity contribution is 5.63. The first-order valence-corrected chi connectivity index (χ1v) is 5.02. The molecule has 0 aromatic heterocycles. The number of rotatable bonds is 4. The van der Waals surface area contributed by atoms with E-state index in [1.807, 2.05) is 31.2 Å². The van der Waals surface area contributed by atoms with Crippen molar-refractivity contribution in [2.24, 2.45) is 5.10 Å². The zero-order chi connectivity index (χ0) is 11.4. The molecular formula is C11H14N2O3. The van der Waals surface area contributed by atoms with E-state index in [2.05, 4.69) is 10.5 Å². The lowest BCUT2D eigenvalue weighted by Gasteiger charge is -2.30. The second-order valence-electron chi connectivity index (χ2n) is 3.33. The number of ether oxygens (including phenoxy) is 3. The highest BCUT2D eigenvalue weighted by Gasteiger charge is 2.24. The van der Waals surface area contributed by atoms with E-state index in [1.165, 1.54) is 0 Å². The molecule has 0 bridgehead atoms. The first-order valence-electron chi connectivity index (χ1n) is 5.02. The van der Waals surface area contributed by atoms with Gasteiger partial charge in [-0.3, -0.25) is 5.43 Å². The van der Waals surface area contributed by atoms with Crippen LogP contribution in [0.5, 0.6) is 5.75 Å². The Kier molecular flexibility index (Phi) is 3.38. The molecule has 1 fully saturated rings. The third kappa shape index (κ3) is 2.71. The maximum absolute atomic E-state index is 5.18. The normalized spacial score (nSPS) is 24.1. The molecule has 5 heteroatoms. The van der Waals surface area contributed by atoms with E-state index in [0.717, 1.165) is 11.4 Å². The van der Waals surface area contributed by atoms with Crippen molar-refractivity contribution >= 4 is 11.9 Å². The molecule has 0 spiro atoms. The summed E-state index contributed by atoms with van der Waals surface area (Å²) in [5.74, 6) is 0.814. The topological polar surface area (TPSA) is 52.1 Å². The van der Waals surface area contributed by atoms with E-state index >= 15 is 0 Å². The van der Waals surface area contributed by atoms with Gasteiger partial charge in [-0.25, -0.2) is 0 Å². The number of hydrogen-bond donors (Lipinski definition) is 1. The van der Waals surface area contributed by atoms with E-state index in [9.17, 15) is 0 Å². The minimum atomic E-state index is -0.333. The number of hydrazone groups is 1. The Morgan fingerprint density at radius 1 is 1.31 bits per heavy atom. The fraction of sp³-hybridized carbons (Fsp3) is 0.364. The van der Waals surface area contributed by atoms with E-state index in [4.69, 9.17) is 14.2 Å². The van der Waals surface area contributed by atoms with Gasteiger partial charge < -0.3 is 14.2 Å². The third-order valence-corrected chi connectivity index (χ3v) is 2.13. The van der Waals surface area contributed by atoms with Crippen molar-refractivity contribution in [3.63, 3.8) is 0 Å². The lowest BCUT2D eigenvalue weighted by atomic mass is 10.3. The molecule has 0 radical (unpaired) electrons. The minimum Gasteiger partial charge on any atom is -0.497 e. The van der Waals surface area contributed by atoms with Crippen LogP contribution in [0.1, 0.15) is 6.92 Å². The Morgan fingerprint density at radius 3 is 2.56 bits per heavy atom. The molecular weight excluding hydrogens is 208 g/mol. The molecule has 1 saturated heterocycles. The zero-order valence-corrected chi connectivity index (χ0v) is 9.21. The number of hydrogen-bond acceptors (Lipinski definition) is 5. The molecule has 0 amide bonds. The third-order valence-electron chi connectivity index (χ3n) is 2.13. The molecule has 86 valence electrons. The second kappa shape index (κ2) is 4.96. The Labute approximate surface area is 94.0 Å². The first kappa shape index (κ1) is 10.9. The van der Waals surface area contributed by atoms with Gasteiger partial charge in [-0.2, -0.15) is 5.10 Å². The lowest BCUT2D eigenvalue weighted by Crippen LogP contribution is -2.39. The molecule has 0 aliphatic carbocycles. The Hall–Kier alpha value is -1.59. The molecule has 1 aliphatic rings. The fourth-order valence-electron chi connectivity index (χ4n) is 1.30. The summed E-state index contributed by atoms with van der Waals surface area (Å²) in [5, 5.41) is 3.99. The van der Waals surface area contributed by atoms with Gasteiger partial charge in [0.1, 0.15) is 5.75 Å². The largest absolute Gasteiger partial charge is 0.497 e. The van der Waals surface area contributed by atoms with Gasteiger partial charge in [-0.15, -0.1) is 0 Å². The van der Waals surface area contributed by atoms with Crippen molar-refractivity contribution in [3.05, 3.63) is 24.3 Å². The molecule has 2 rings (SSSR count). The van der Waals surface area contributed by atoms with Gasteiger partial charge in [0.15, 0.2) is 6.29 Å². The van der Waals surface area contributed by atoms with Crippen LogP contribution in [0, 0.1) is 0 Å². The number of anilines is 1. The van der Waals surface area contributed by atoms with Crippen molar-refractivity contribution < 1.29 is 14.2 Å². The average Bonchev–Trinajstić information content (AvgIpc) is 2.27. The predicted molar refractivity (Wildman–Crippen MR) is 60.5 cm³/mol. The van der Waals surface area contributed by atoms with Crippen molar-refractivity contribution in [3.8, 4) is 5.75 Å². The number of nitrogens with zero attached hydrogens (tertiary/aromatic N) is 1. The summed E-state index contributed by atoms with van der Waals surface area (Å²) in [6.45, 7) is 1.83. The fourth-order valence-corrected chi connectivity index (χ4v) is 1.30. The summed E-state index contributed by atoms with van der Waals surface area (Å²) in [6.07, 6.45) is 1.11. The quantitative estimate of drug-likeness (QED) is 0.623. The molecule has 1 aromatic rings. The zero-order valence-electron chi connectivity index (χ0n) is 9.21. The van der Waals surface area contributed by atoms with Crippen LogP contribution in [0.3, 0.4) is 0 Å². The van der Waals surface area contributed by atoms with Gasteiger partial charge in [0.25, 0.3) is 0 Å². The Bertz CT molecular complexity index is 358. The molecule has 0 unspecified atom stereocenters. The minimum absolute atomic E-state index is 0.127. The predicted octanol–water partition coefficient (Wildman–Crippen LogP) is 1.81. The van der Waals surface area contributed by atoms with Gasteiger partial charge in [0.05, 0.1) is 19.0 Å². The molecule has 1 aliphatic heterocycles. The van der Waals surface area contributed by atoms with Gasteiger partial charge >= 0.3 is 0 Å². The van der Waals surface area contributed by atoms with Crippen LogP contribution in [0.25, 0.3) is 0 Å². The van der Waals surface area contributed by atoms with Crippen LogP contribution in [-0.4, -0.2) is 25.9 Å².